The largest absolute Gasteiger partial charge is 0.403 e. The quantitative estimate of drug-likeness (QED) is 0.673. The fourth-order valence-electron chi connectivity index (χ4n) is 1.21. The Labute approximate surface area is 82.3 Å². The average molecular weight is 192 g/mol. The molecule has 0 fully saturated rings. The van der Waals surface area contributed by atoms with Crippen LogP contribution in [0.5, 0.6) is 0 Å². The first kappa shape index (κ1) is 8.31. The first-order valence-corrected chi connectivity index (χ1v) is 4.55. The summed E-state index contributed by atoms with van der Waals surface area (Å²) in [6.07, 6.45) is 0. The lowest BCUT2D eigenvalue weighted by Gasteiger charge is -1.99. The molecule has 0 atom stereocenters. The van der Waals surface area contributed by atoms with E-state index < -0.39 is 0 Å². The van der Waals surface area contributed by atoms with Crippen molar-refractivity contribution in [2.45, 2.75) is 0 Å². The Morgan fingerprint density at radius 2 is 2.08 bits per heavy atom. The molecule has 1 heterocycles. The van der Waals surface area contributed by atoms with Crippen molar-refractivity contribution in [2.24, 2.45) is 4.99 Å². The van der Waals surface area contributed by atoms with Crippen LogP contribution in [0.25, 0.3) is 0 Å². The minimum Gasteiger partial charge on any atom is -0.270 e. The van der Waals surface area contributed by atoms with Crippen LogP contribution in [-0.4, -0.2) is 23.0 Å². The summed E-state index contributed by atoms with van der Waals surface area (Å²) >= 11 is 5.20. The van der Waals surface area contributed by atoms with Gasteiger partial charge in [0, 0.05) is 0 Å². The van der Waals surface area contributed by atoms with Gasteiger partial charge < -0.3 is 0 Å². The maximum atomic E-state index is 5.20. The molecule has 0 spiro atoms. The Morgan fingerprint density at radius 3 is 2.69 bits per heavy atom. The third kappa shape index (κ3) is 1.72. The smallest absolute Gasteiger partial charge is 0.270 e. The molecule has 0 aromatic heterocycles. The first-order valence-electron chi connectivity index (χ1n) is 4.18. The van der Waals surface area contributed by atoms with Crippen LogP contribution in [0.3, 0.4) is 0 Å². The van der Waals surface area contributed by atoms with Gasteiger partial charge in [-0.2, -0.15) is 0 Å². The van der Waals surface area contributed by atoms with Crippen LogP contribution >= 0.6 is 0 Å². The highest BCUT2D eigenvalue weighted by molar-refractivity contribution is 7.44. The number of nitrogens with zero attached hydrogens (tertiary/aromatic N) is 2. The minimum absolute atomic E-state index is 0.779. The molecule has 1 N–H and O–H groups in total. The summed E-state index contributed by atoms with van der Waals surface area (Å²) in [7, 11) is 0. The highest BCUT2D eigenvalue weighted by Crippen LogP contribution is 2.10. The predicted molar refractivity (Wildman–Crippen MR) is 54.0 cm³/mol. The third-order valence-corrected chi connectivity index (χ3v) is 2.22. The van der Waals surface area contributed by atoms with Crippen LogP contribution < -0.4 is 5.32 Å². The predicted octanol–water partition coefficient (Wildman–Crippen LogP) is 1.02. The number of para-hydroxylation sites is 1. The summed E-state index contributed by atoms with van der Waals surface area (Å²) in [5, 5.41) is 3.13. The first-order chi connectivity index (χ1) is 6.38. The molecule has 0 aliphatic carbocycles. The van der Waals surface area contributed by atoms with E-state index in [1.54, 1.807) is 3.95 Å². The van der Waals surface area contributed by atoms with Crippen molar-refractivity contribution in [3.05, 3.63) is 30.3 Å². The molecule has 2 rings (SSSR count). The summed E-state index contributed by atoms with van der Waals surface area (Å²) in [5.74, 6) is 0.779. The highest BCUT2D eigenvalue weighted by atomic mass is 32.1. The molecule has 1 aliphatic rings. The van der Waals surface area contributed by atoms with Crippen molar-refractivity contribution < 1.29 is 3.95 Å². The second-order valence-corrected chi connectivity index (χ2v) is 3.13. The van der Waals surface area contributed by atoms with Gasteiger partial charge in [0.1, 0.15) is 24.7 Å². The van der Waals surface area contributed by atoms with Gasteiger partial charge in [-0.3, -0.25) is 5.32 Å². The Morgan fingerprint density at radius 1 is 1.31 bits per heavy atom. The van der Waals surface area contributed by atoms with Gasteiger partial charge in [-0.1, -0.05) is 18.2 Å². The van der Waals surface area contributed by atoms with Crippen LogP contribution in [0.15, 0.2) is 35.3 Å². The van der Waals surface area contributed by atoms with E-state index in [9.17, 15) is 0 Å². The van der Waals surface area contributed by atoms with Crippen LogP contribution in [0, 0.1) is 0 Å². The zero-order valence-electron chi connectivity index (χ0n) is 7.10. The Balaban J connectivity index is 2.23. The monoisotopic (exact) mass is 192 g/mol. The molecule has 1 aliphatic heterocycles. The Bertz CT molecular complexity index is 345. The average Bonchev–Trinajstić information content (AvgIpc) is 2.71. The van der Waals surface area contributed by atoms with Gasteiger partial charge in [-0.15, -0.1) is 8.94 Å². The Hall–Kier alpha value is -1.29. The number of nitrogens with one attached hydrogen (secondary N) is 1. The van der Waals surface area contributed by atoms with E-state index in [1.165, 1.54) is 0 Å². The molecule has 13 heavy (non-hydrogen) atoms. The number of aliphatic imine (C=N–C) groups is 1. The van der Waals surface area contributed by atoms with E-state index in [-0.39, 0.29) is 0 Å². The van der Waals surface area contributed by atoms with Gasteiger partial charge in [0.25, 0.3) is 0 Å². The molecule has 1 aromatic carbocycles. The van der Waals surface area contributed by atoms with E-state index in [0.717, 1.165) is 24.7 Å². The maximum Gasteiger partial charge on any atom is 0.403 e. The van der Waals surface area contributed by atoms with Crippen molar-refractivity contribution >= 4 is 24.1 Å². The molecule has 1 aromatic rings. The summed E-state index contributed by atoms with van der Waals surface area (Å²) in [5.41, 5.74) is 0.977. The number of hydrogen-bond acceptors (Lipinski definition) is 3. The molecule has 4 heteroatoms. The molecule has 0 saturated heterocycles. The SMILES string of the molecule is S=[N+](C1=NCCN1)c1ccccc1. The van der Waals surface area contributed by atoms with E-state index >= 15 is 0 Å². The minimum atomic E-state index is 0.779. The molecule has 0 unspecified atom stereocenters. The van der Waals surface area contributed by atoms with Crippen molar-refractivity contribution in [1.29, 1.82) is 0 Å². The van der Waals surface area contributed by atoms with E-state index in [4.69, 9.17) is 12.4 Å². The fourth-order valence-corrected chi connectivity index (χ4v) is 1.45. The molecule has 3 nitrogen and oxygen atoms in total. The lowest BCUT2D eigenvalue weighted by atomic mass is 10.3. The van der Waals surface area contributed by atoms with Crippen molar-refractivity contribution in [3.8, 4) is 0 Å². The van der Waals surface area contributed by atoms with E-state index in [1.807, 2.05) is 30.3 Å². The summed E-state index contributed by atoms with van der Waals surface area (Å²) in [6.45, 7) is 1.70. The molecule has 0 radical (unpaired) electrons. The van der Waals surface area contributed by atoms with Gasteiger partial charge in [0.05, 0.1) is 6.54 Å². The topological polar surface area (TPSA) is 27.4 Å². The summed E-state index contributed by atoms with van der Waals surface area (Å²) < 4.78 is 1.65. The second kappa shape index (κ2) is 3.62. The summed E-state index contributed by atoms with van der Waals surface area (Å²) in [6, 6.07) is 9.83. The highest BCUT2D eigenvalue weighted by Gasteiger charge is 2.19. The number of hydrogen-bond donors (Lipinski definition) is 1. The van der Waals surface area contributed by atoms with Crippen molar-refractivity contribution in [3.63, 3.8) is 0 Å². The zero-order chi connectivity index (χ0) is 9.10. The summed E-state index contributed by atoms with van der Waals surface area (Å²) in [4.78, 5) is 4.24. The normalized spacial score (nSPS) is 14.9. The molecular weight excluding hydrogens is 182 g/mol. The molecule has 0 amide bonds. The van der Waals surface area contributed by atoms with Crippen molar-refractivity contribution in [1.82, 2.24) is 5.32 Å². The second-order valence-electron chi connectivity index (χ2n) is 2.76. The van der Waals surface area contributed by atoms with Gasteiger partial charge in [0.15, 0.2) is 0 Å². The van der Waals surface area contributed by atoms with Gasteiger partial charge in [-0.25, -0.2) is 0 Å². The van der Waals surface area contributed by atoms with Gasteiger partial charge >= 0.3 is 5.96 Å². The molecule has 0 saturated carbocycles. The fraction of sp³-hybridized carbons (Fsp3) is 0.222. The maximum absolute atomic E-state index is 5.20. The van der Waals surface area contributed by atoms with Crippen LogP contribution in [0.1, 0.15) is 0 Å². The Kier molecular flexibility index (Phi) is 2.31. The molecular formula is C9H10N3S+. The molecule has 66 valence electrons. The van der Waals surface area contributed by atoms with Gasteiger partial charge in [0.2, 0.25) is 0 Å². The lowest BCUT2D eigenvalue weighted by Crippen LogP contribution is -2.26. The zero-order valence-corrected chi connectivity index (χ0v) is 7.92. The third-order valence-electron chi connectivity index (χ3n) is 1.84. The standard InChI is InChI=1S/C9H10N3S/c13-12(9-10-6-7-11-9)8-4-2-1-3-5-8/h1-5H,6-7H2,(H,10,11)/q+1. The van der Waals surface area contributed by atoms with E-state index in [0.29, 0.717) is 0 Å². The lowest BCUT2D eigenvalue weighted by molar-refractivity contribution is -0.274. The van der Waals surface area contributed by atoms with Crippen LogP contribution in [0.2, 0.25) is 0 Å². The van der Waals surface area contributed by atoms with Crippen LogP contribution in [-0.2, 0) is 12.4 Å². The number of guanidine groups is 1. The van der Waals surface area contributed by atoms with Crippen molar-refractivity contribution in [2.75, 3.05) is 13.1 Å². The van der Waals surface area contributed by atoms with E-state index in [2.05, 4.69) is 10.3 Å². The number of benzene rings is 1. The van der Waals surface area contributed by atoms with Gasteiger partial charge in [-0.05, 0) is 12.1 Å². The molecule has 0 bridgehead atoms. The number of rotatable bonds is 1. The van der Waals surface area contributed by atoms with Crippen LogP contribution in [0.4, 0.5) is 5.69 Å².